The number of β-lactam (4-membered cyclic amide) rings is 1. The first-order valence-corrected chi connectivity index (χ1v) is 15.5. The molecule has 4 atom stereocenters. The molecular formula is C32H34N4O7S. The number of nitrogens with one attached hydrogen (secondary N) is 2. The molecule has 44 heavy (non-hydrogen) atoms. The summed E-state index contributed by atoms with van der Waals surface area (Å²) < 4.78 is 7.14. The van der Waals surface area contributed by atoms with Gasteiger partial charge in [-0.3, -0.25) is 19.2 Å². The van der Waals surface area contributed by atoms with Crippen LogP contribution in [0.15, 0.2) is 53.5 Å². The second kappa shape index (κ2) is 11.0. The fourth-order valence-corrected chi connectivity index (χ4v) is 8.09. The van der Waals surface area contributed by atoms with E-state index in [1.807, 2.05) is 18.4 Å². The van der Waals surface area contributed by atoms with Gasteiger partial charge in [0.2, 0.25) is 17.2 Å². The van der Waals surface area contributed by atoms with Crippen LogP contribution in [0.5, 0.6) is 5.75 Å². The number of carbonyl (C=O) groups excluding carboxylic acids is 3. The fraction of sp³-hybridized carbons (Fsp3) is 0.406. The summed E-state index contributed by atoms with van der Waals surface area (Å²) in [5.41, 5.74) is 1.60. The Hall–Kier alpha value is -4.32. The van der Waals surface area contributed by atoms with E-state index in [2.05, 4.69) is 10.6 Å². The molecule has 0 bridgehead atoms. The molecule has 3 aliphatic rings. The highest BCUT2D eigenvalue weighted by Crippen LogP contribution is 2.50. The second-order valence-electron chi connectivity index (χ2n) is 12.2. The van der Waals surface area contributed by atoms with Gasteiger partial charge in [-0.05, 0) is 58.2 Å². The number of fused-ring (bicyclic) bond motifs is 1. The minimum absolute atomic E-state index is 0.0347. The smallest absolute Gasteiger partial charge is 0.327 e. The number of aromatic nitrogens is 1. The standard InChI is InChI=1S/C32H34N4O7S/c1-16(2)43-21-13-12-19-24-18(21)11-8-14-35(24)15-20(25(19)37)27(38)33-22(17-9-6-5-7-10-17)28(39)34-23-29(40)36-26(31(41)42)32(3,4)44-30(23)36/h5-7,9-10,12-13,15-16,22-23,26,30H,8,11,14H2,1-4H3,(H,33,38)(H,34,39)(H,41,42). The van der Waals surface area contributed by atoms with E-state index < -0.39 is 57.4 Å². The maximum atomic E-state index is 13.7. The third-order valence-corrected chi connectivity index (χ3v) is 9.95. The van der Waals surface area contributed by atoms with Crippen molar-refractivity contribution in [3.8, 4) is 5.75 Å². The Morgan fingerprint density at radius 2 is 1.82 bits per heavy atom. The summed E-state index contributed by atoms with van der Waals surface area (Å²) in [4.78, 5) is 67.3. The quantitative estimate of drug-likeness (QED) is 0.327. The predicted octanol–water partition coefficient (Wildman–Crippen LogP) is 2.84. The number of aliphatic carboxylic acids is 1. The summed E-state index contributed by atoms with van der Waals surface area (Å²) >= 11 is 1.31. The lowest BCUT2D eigenvalue weighted by molar-refractivity contribution is -0.161. The van der Waals surface area contributed by atoms with Crippen molar-refractivity contribution < 1.29 is 29.0 Å². The van der Waals surface area contributed by atoms with Crippen molar-refractivity contribution in [3.05, 3.63) is 75.6 Å². The Bertz CT molecular complexity index is 1750. The Morgan fingerprint density at radius 3 is 2.50 bits per heavy atom. The van der Waals surface area contributed by atoms with Crippen LogP contribution >= 0.6 is 11.8 Å². The maximum Gasteiger partial charge on any atom is 0.327 e. The molecule has 4 unspecified atom stereocenters. The van der Waals surface area contributed by atoms with Crippen LogP contribution in [0.25, 0.3) is 10.9 Å². The van der Waals surface area contributed by atoms with E-state index in [1.54, 1.807) is 62.5 Å². The molecule has 12 heteroatoms. The van der Waals surface area contributed by atoms with Gasteiger partial charge >= 0.3 is 5.97 Å². The zero-order valence-electron chi connectivity index (χ0n) is 24.8. The van der Waals surface area contributed by atoms with Crippen LogP contribution in [0.1, 0.15) is 61.6 Å². The summed E-state index contributed by atoms with van der Waals surface area (Å²) in [5, 5.41) is 15.0. The molecule has 3 N–H and O–H groups in total. The molecule has 0 spiro atoms. The molecule has 3 aromatic rings. The summed E-state index contributed by atoms with van der Waals surface area (Å²) in [6.07, 6.45) is 3.07. The number of hydrogen-bond acceptors (Lipinski definition) is 7. The average Bonchev–Trinajstić information content (AvgIpc) is 3.24. The van der Waals surface area contributed by atoms with Crippen LogP contribution in [0, 0.1) is 0 Å². The van der Waals surface area contributed by atoms with Gasteiger partial charge in [-0.25, -0.2) is 4.79 Å². The number of amides is 3. The number of thioether (sulfide) groups is 1. The van der Waals surface area contributed by atoms with Gasteiger partial charge in [0.25, 0.3) is 5.91 Å². The van der Waals surface area contributed by atoms with E-state index >= 15 is 0 Å². The van der Waals surface area contributed by atoms with E-state index in [-0.39, 0.29) is 11.7 Å². The van der Waals surface area contributed by atoms with E-state index in [0.29, 0.717) is 17.5 Å². The highest BCUT2D eigenvalue weighted by molar-refractivity contribution is 8.01. The molecule has 2 saturated heterocycles. The molecule has 6 rings (SSSR count). The van der Waals surface area contributed by atoms with Crippen molar-refractivity contribution in [2.24, 2.45) is 0 Å². The number of nitrogens with zero attached hydrogens (tertiary/aromatic N) is 2. The molecule has 230 valence electrons. The van der Waals surface area contributed by atoms with Crippen molar-refractivity contribution in [2.45, 2.75) is 81.4 Å². The number of benzene rings is 2. The number of carbonyl (C=O) groups is 4. The number of aryl methyl sites for hydroxylation is 2. The van der Waals surface area contributed by atoms with E-state index in [9.17, 15) is 29.1 Å². The number of hydrogen-bond donors (Lipinski definition) is 3. The maximum absolute atomic E-state index is 13.7. The molecule has 0 radical (unpaired) electrons. The van der Waals surface area contributed by atoms with Crippen molar-refractivity contribution in [2.75, 3.05) is 0 Å². The predicted molar refractivity (Wildman–Crippen MR) is 165 cm³/mol. The normalized spacial score (nSPS) is 22.2. The average molecular weight is 619 g/mol. The summed E-state index contributed by atoms with van der Waals surface area (Å²) in [6, 6.07) is 8.83. The molecule has 0 aliphatic carbocycles. The largest absolute Gasteiger partial charge is 0.491 e. The monoisotopic (exact) mass is 618 g/mol. The van der Waals surface area contributed by atoms with Crippen molar-refractivity contribution in [1.29, 1.82) is 0 Å². The zero-order valence-corrected chi connectivity index (χ0v) is 25.6. The number of carboxylic acid groups (broad SMARTS) is 1. The first-order valence-electron chi connectivity index (χ1n) is 14.6. The van der Waals surface area contributed by atoms with E-state index in [1.165, 1.54) is 16.7 Å². The minimum Gasteiger partial charge on any atom is -0.491 e. The lowest BCUT2D eigenvalue weighted by Crippen LogP contribution is -2.71. The van der Waals surface area contributed by atoms with Gasteiger partial charge in [0.05, 0.1) is 11.6 Å². The molecule has 4 heterocycles. The van der Waals surface area contributed by atoms with Gasteiger partial charge in [-0.2, -0.15) is 0 Å². The SMILES string of the molecule is CC(C)Oc1ccc2c(=O)c(C(=O)NC(C(=O)NC3C(=O)N4C3SC(C)(C)C4C(=O)O)c3ccccc3)cn3c2c1CCC3. The van der Waals surface area contributed by atoms with Crippen LogP contribution in [-0.2, 0) is 27.3 Å². The highest BCUT2D eigenvalue weighted by atomic mass is 32.2. The zero-order chi connectivity index (χ0) is 31.5. The molecule has 11 nitrogen and oxygen atoms in total. The van der Waals surface area contributed by atoms with Gasteiger partial charge in [-0.1, -0.05) is 30.3 Å². The van der Waals surface area contributed by atoms with Crippen molar-refractivity contribution in [1.82, 2.24) is 20.1 Å². The van der Waals surface area contributed by atoms with Crippen molar-refractivity contribution >= 4 is 46.4 Å². The molecule has 0 saturated carbocycles. The molecular weight excluding hydrogens is 584 g/mol. The Kier molecular flexibility index (Phi) is 7.43. The Morgan fingerprint density at radius 1 is 1.09 bits per heavy atom. The Balaban J connectivity index is 1.29. The van der Waals surface area contributed by atoms with Crippen molar-refractivity contribution in [3.63, 3.8) is 0 Å². The molecule has 2 aromatic carbocycles. The van der Waals surface area contributed by atoms with Crippen LogP contribution in [0.2, 0.25) is 0 Å². The lowest BCUT2D eigenvalue weighted by atomic mass is 9.95. The summed E-state index contributed by atoms with van der Waals surface area (Å²) in [5.74, 6) is -2.23. The number of carboxylic acids is 1. The van der Waals surface area contributed by atoms with Gasteiger partial charge in [0.1, 0.15) is 34.8 Å². The van der Waals surface area contributed by atoms with Gasteiger partial charge in [-0.15, -0.1) is 11.8 Å². The fourth-order valence-electron chi connectivity index (χ4n) is 6.46. The second-order valence-corrected chi connectivity index (χ2v) is 13.9. The van der Waals surface area contributed by atoms with E-state index in [4.69, 9.17) is 4.74 Å². The van der Waals surface area contributed by atoms with Gasteiger partial charge in [0.15, 0.2) is 0 Å². The van der Waals surface area contributed by atoms with Gasteiger partial charge < -0.3 is 29.9 Å². The third-order valence-electron chi connectivity index (χ3n) is 8.38. The first-order chi connectivity index (χ1) is 20.9. The molecule has 3 amide bonds. The minimum atomic E-state index is -1.21. The van der Waals surface area contributed by atoms with Gasteiger partial charge in [0, 0.05) is 28.4 Å². The number of rotatable bonds is 8. The molecule has 3 aliphatic heterocycles. The van der Waals surface area contributed by atoms with Crippen LogP contribution in [-0.4, -0.2) is 66.6 Å². The topological polar surface area (TPSA) is 147 Å². The first kappa shape index (κ1) is 29.7. The summed E-state index contributed by atoms with van der Waals surface area (Å²) in [6.45, 7) is 8.01. The Labute approximate surface area is 257 Å². The highest BCUT2D eigenvalue weighted by Gasteiger charge is 2.64. The lowest BCUT2D eigenvalue weighted by Gasteiger charge is -2.44. The number of ether oxygens (including phenoxy) is 1. The third kappa shape index (κ3) is 4.90. The summed E-state index contributed by atoms with van der Waals surface area (Å²) in [7, 11) is 0. The molecule has 2 fully saturated rings. The van der Waals surface area contributed by atoms with Crippen LogP contribution < -0.4 is 20.8 Å². The van der Waals surface area contributed by atoms with E-state index in [0.717, 1.165) is 29.7 Å². The number of pyridine rings is 1. The van der Waals surface area contributed by atoms with Crippen LogP contribution in [0.4, 0.5) is 0 Å². The van der Waals surface area contributed by atoms with Crippen LogP contribution in [0.3, 0.4) is 0 Å². The molecule has 1 aromatic heterocycles.